The molecular formula is H4FO4PSi. The van der Waals surface area contributed by atoms with Crippen molar-refractivity contribution in [1.82, 2.24) is 0 Å². The third-order valence-electron chi connectivity index (χ3n) is 0. The summed E-state index contributed by atoms with van der Waals surface area (Å²) in [6.45, 7) is 0. The minimum Gasteiger partial charge on any atom is -0.368 e. The molecule has 7 heavy (non-hydrogen) atoms. The molecular weight excluding hydrogens is 142 g/mol. The van der Waals surface area contributed by atoms with E-state index in [0.717, 1.165) is 0 Å². The lowest BCUT2D eigenvalue weighted by atomic mass is 15.7. The van der Waals surface area contributed by atoms with E-state index in [2.05, 4.69) is 0 Å². The fourth-order valence-corrected chi connectivity index (χ4v) is 0. The van der Waals surface area contributed by atoms with E-state index in [4.69, 9.17) is 19.2 Å². The fraction of sp³-hybridized carbons (Fsp3) is 0. The summed E-state index contributed by atoms with van der Waals surface area (Å²) in [6.07, 6.45) is 0. The number of hydrogen-bond donors (Lipinski definition) is 4. The molecule has 0 spiro atoms. The summed E-state index contributed by atoms with van der Waals surface area (Å²) in [7, 11) is -2.58. The minimum absolute atomic E-state index is 2.03. The van der Waals surface area contributed by atoms with Crippen LogP contribution in [0.25, 0.3) is 0 Å². The predicted molar refractivity (Wildman–Crippen MR) is 22.7 cm³/mol. The van der Waals surface area contributed by atoms with Crippen molar-refractivity contribution >= 4 is 18.6 Å². The summed E-state index contributed by atoms with van der Waals surface area (Å²) >= 11 is 0. The Labute approximate surface area is 43.0 Å². The second kappa shape index (κ2) is 4.57. The maximum absolute atomic E-state index is 9.19. The van der Waals surface area contributed by atoms with E-state index < -0.39 is 9.05 Å². The number of rotatable bonds is 0. The lowest BCUT2D eigenvalue weighted by molar-refractivity contribution is 0.117. The maximum Gasteiger partial charge on any atom is 0.668 e. The van der Waals surface area contributed by atoms with E-state index in [-0.39, 0.29) is 0 Å². The molecule has 0 aromatic heterocycles. The standard InChI is InChI=1S/FP.H4O4Si/c1-2;1-5(2,3)4/h;1-4H. The van der Waals surface area contributed by atoms with Crippen LogP contribution in [-0.2, 0) is 0 Å². The molecule has 0 aliphatic rings. The minimum atomic E-state index is -4.61. The van der Waals surface area contributed by atoms with Crippen molar-refractivity contribution in [2.75, 3.05) is 0 Å². The van der Waals surface area contributed by atoms with E-state index in [1.165, 1.54) is 0 Å². The highest BCUT2D eigenvalue weighted by molar-refractivity contribution is 7.09. The largest absolute Gasteiger partial charge is 0.668 e. The van der Waals surface area contributed by atoms with Gasteiger partial charge in [-0.05, 0) is 0 Å². The first-order valence-corrected chi connectivity index (χ1v) is 3.19. The first kappa shape index (κ1) is 10.4. The van der Waals surface area contributed by atoms with E-state index in [1.54, 1.807) is 0 Å². The highest BCUT2D eigenvalue weighted by Gasteiger charge is 2.22. The molecule has 0 aromatic carbocycles. The van der Waals surface area contributed by atoms with E-state index in [1.807, 2.05) is 9.55 Å². The van der Waals surface area contributed by atoms with Gasteiger partial charge in [0.15, 0.2) is 0 Å². The molecule has 0 heterocycles. The Bertz CT molecular complexity index is 27.2. The first-order valence-electron chi connectivity index (χ1n) is 1.06. The van der Waals surface area contributed by atoms with Gasteiger partial charge < -0.3 is 19.2 Å². The van der Waals surface area contributed by atoms with Gasteiger partial charge in [-0.1, -0.05) is 0 Å². The van der Waals surface area contributed by atoms with Gasteiger partial charge in [0.1, 0.15) is 0 Å². The van der Waals surface area contributed by atoms with Crippen LogP contribution in [0.15, 0.2) is 0 Å². The Kier molecular flexibility index (Phi) is 6.80. The topological polar surface area (TPSA) is 80.9 Å². The molecule has 0 saturated carbocycles. The van der Waals surface area contributed by atoms with Crippen LogP contribution in [0, 0.1) is 0 Å². The summed E-state index contributed by atoms with van der Waals surface area (Å²) in [6, 6.07) is 0. The molecule has 2 radical (unpaired) electrons. The van der Waals surface area contributed by atoms with Gasteiger partial charge in [0.25, 0.3) is 0 Å². The average molecular weight is 146 g/mol. The molecule has 0 amide bonds. The van der Waals surface area contributed by atoms with Crippen molar-refractivity contribution in [1.29, 1.82) is 0 Å². The van der Waals surface area contributed by atoms with Crippen LogP contribution in [0.3, 0.4) is 0 Å². The zero-order chi connectivity index (χ0) is 6.50. The third-order valence-corrected chi connectivity index (χ3v) is 0. The van der Waals surface area contributed by atoms with Crippen molar-refractivity contribution in [3.8, 4) is 0 Å². The predicted octanol–water partition coefficient (Wildman–Crippen LogP) is -1.33. The Morgan fingerprint density at radius 2 is 1.00 bits per heavy atom. The zero-order valence-corrected chi connectivity index (χ0v) is 5.01. The summed E-state index contributed by atoms with van der Waals surface area (Å²) in [5.41, 5.74) is 0. The molecule has 0 atom stereocenters. The molecule has 0 fully saturated rings. The molecule has 0 aliphatic carbocycles. The van der Waals surface area contributed by atoms with Crippen molar-refractivity contribution in [3.05, 3.63) is 0 Å². The van der Waals surface area contributed by atoms with Crippen LogP contribution in [0.5, 0.6) is 0 Å². The molecule has 0 saturated heterocycles. The van der Waals surface area contributed by atoms with Gasteiger partial charge in [0.05, 0.1) is 0 Å². The van der Waals surface area contributed by atoms with Crippen LogP contribution in [-0.4, -0.2) is 28.2 Å². The normalized spacial score (nSPS) is 9.43. The molecule has 0 bridgehead atoms. The number of hydrogen-bond acceptors (Lipinski definition) is 4. The molecule has 4 N–H and O–H groups in total. The third kappa shape index (κ3) is 720. The van der Waals surface area contributed by atoms with E-state index in [0.29, 0.717) is 0 Å². The second-order valence-corrected chi connectivity index (χ2v) is 1.80. The van der Waals surface area contributed by atoms with Crippen LogP contribution >= 0.6 is 9.55 Å². The van der Waals surface area contributed by atoms with Crippen LogP contribution < -0.4 is 0 Å². The molecule has 0 aromatic rings. The SMILES string of the molecule is F[P].O[Si](O)(O)O. The molecule has 4 nitrogen and oxygen atoms in total. The van der Waals surface area contributed by atoms with Crippen molar-refractivity contribution < 1.29 is 23.4 Å². The average Bonchev–Trinajstić information content (AvgIpc) is 1.36. The Balaban J connectivity index is 0. The monoisotopic (exact) mass is 146 g/mol. The highest BCUT2D eigenvalue weighted by atomic mass is 31.1. The maximum atomic E-state index is 9.19. The lowest BCUT2D eigenvalue weighted by Gasteiger charge is -1.91. The molecule has 0 rings (SSSR count). The van der Waals surface area contributed by atoms with Gasteiger partial charge >= 0.3 is 9.05 Å². The quantitative estimate of drug-likeness (QED) is 0.252. The summed E-state index contributed by atoms with van der Waals surface area (Å²) in [4.78, 5) is 29.3. The van der Waals surface area contributed by atoms with Crippen LogP contribution in [0.1, 0.15) is 0 Å². The van der Waals surface area contributed by atoms with E-state index in [9.17, 15) is 4.20 Å². The van der Waals surface area contributed by atoms with Gasteiger partial charge in [0, 0.05) is 0 Å². The second-order valence-electron chi connectivity index (χ2n) is 0.600. The molecule has 0 unspecified atom stereocenters. The smallest absolute Gasteiger partial charge is 0.368 e. The Hall–Kier alpha value is 0.417. The van der Waals surface area contributed by atoms with E-state index >= 15 is 0 Å². The molecule has 44 valence electrons. The van der Waals surface area contributed by atoms with Gasteiger partial charge in [-0.15, -0.1) is 0 Å². The molecule has 7 heteroatoms. The summed E-state index contributed by atoms with van der Waals surface area (Å²) in [5, 5.41) is 0. The van der Waals surface area contributed by atoms with Gasteiger partial charge in [-0.25, -0.2) is 4.20 Å². The van der Waals surface area contributed by atoms with Gasteiger partial charge in [-0.3, -0.25) is 0 Å². The fourth-order valence-electron chi connectivity index (χ4n) is 0. The Morgan fingerprint density at radius 1 is 1.00 bits per heavy atom. The summed E-state index contributed by atoms with van der Waals surface area (Å²) in [5.74, 6) is 0. The van der Waals surface area contributed by atoms with Crippen molar-refractivity contribution in [3.63, 3.8) is 0 Å². The summed E-state index contributed by atoms with van der Waals surface area (Å²) < 4.78 is 9.19. The molecule has 0 aliphatic heterocycles. The zero-order valence-electron chi connectivity index (χ0n) is 3.11. The van der Waals surface area contributed by atoms with Crippen LogP contribution in [0.2, 0.25) is 0 Å². The van der Waals surface area contributed by atoms with Gasteiger partial charge in [-0.2, -0.15) is 0 Å². The van der Waals surface area contributed by atoms with Gasteiger partial charge in [0.2, 0.25) is 9.55 Å². The Morgan fingerprint density at radius 3 is 1.00 bits per heavy atom. The number of halogens is 1. The van der Waals surface area contributed by atoms with Crippen LogP contribution in [0.4, 0.5) is 4.20 Å². The first-order chi connectivity index (χ1) is 3.00. The highest BCUT2D eigenvalue weighted by Crippen LogP contribution is 1.67. The van der Waals surface area contributed by atoms with Crippen molar-refractivity contribution in [2.45, 2.75) is 0 Å². The van der Waals surface area contributed by atoms with Crippen molar-refractivity contribution in [2.24, 2.45) is 0 Å². The lowest BCUT2D eigenvalue weighted by Crippen LogP contribution is -2.33.